The molecule has 0 unspecified atom stereocenters. The molecule has 2 bridgehead atoms. The minimum atomic E-state index is -0.354. The second-order valence-electron chi connectivity index (χ2n) is 8.18. The highest BCUT2D eigenvalue weighted by Crippen LogP contribution is 2.48. The Balaban J connectivity index is 1.28. The average Bonchev–Trinajstić information content (AvgIpc) is 3.38. The molecular formula is C23H25NO3. The van der Waals surface area contributed by atoms with Crippen LogP contribution in [0, 0.1) is 17.8 Å². The lowest BCUT2D eigenvalue weighted by atomic mass is 9.85. The van der Waals surface area contributed by atoms with Gasteiger partial charge in [-0.3, -0.25) is 0 Å². The Morgan fingerprint density at radius 2 is 1.63 bits per heavy atom. The summed E-state index contributed by atoms with van der Waals surface area (Å²) in [6, 6.07) is 16.8. The molecule has 0 aliphatic heterocycles. The highest BCUT2D eigenvalue weighted by Gasteiger charge is 2.48. The molecule has 4 heteroatoms. The van der Waals surface area contributed by atoms with Crippen molar-refractivity contribution in [3.8, 4) is 11.1 Å². The first-order valence-corrected chi connectivity index (χ1v) is 9.98. The predicted molar refractivity (Wildman–Crippen MR) is 103 cm³/mol. The number of ether oxygens (including phenoxy) is 1. The number of aliphatic hydroxyl groups is 1. The number of hydrogen-bond acceptors (Lipinski definition) is 3. The maximum absolute atomic E-state index is 12.5. The third kappa shape index (κ3) is 2.74. The first-order chi connectivity index (χ1) is 13.3. The summed E-state index contributed by atoms with van der Waals surface area (Å²) in [5.41, 5.74) is 4.91. The maximum atomic E-state index is 12.5. The lowest BCUT2D eigenvalue weighted by molar-refractivity contribution is 0.112. The number of rotatable bonds is 4. The molecule has 27 heavy (non-hydrogen) atoms. The van der Waals surface area contributed by atoms with E-state index < -0.39 is 0 Å². The lowest BCUT2D eigenvalue weighted by Gasteiger charge is -2.30. The summed E-state index contributed by atoms with van der Waals surface area (Å²) in [5.74, 6) is 1.31. The van der Waals surface area contributed by atoms with Gasteiger partial charge in [0.05, 0.1) is 0 Å². The van der Waals surface area contributed by atoms with E-state index in [2.05, 4.69) is 41.7 Å². The molecule has 5 rings (SSSR count). The second kappa shape index (κ2) is 6.68. The molecule has 2 aromatic rings. The van der Waals surface area contributed by atoms with Gasteiger partial charge in [0.1, 0.15) is 6.61 Å². The Morgan fingerprint density at radius 3 is 2.30 bits per heavy atom. The van der Waals surface area contributed by atoms with Gasteiger partial charge in [0, 0.05) is 24.5 Å². The highest BCUT2D eigenvalue weighted by atomic mass is 16.5. The van der Waals surface area contributed by atoms with Crippen LogP contribution in [0.15, 0.2) is 48.5 Å². The van der Waals surface area contributed by atoms with Crippen molar-refractivity contribution in [1.29, 1.82) is 0 Å². The Labute approximate surface area is 159 Å². The minimum absolute atomic E-state index is 0.0596. The molecule has 0 aromatic heterocycles. The maximum Gasteiger partial charge on any atom is 0.407 e. The van der Waals surface area contributed by atoms with E-state index >= 15 is 0 Å². The summed E-state index contributed by atoms with van der Waals surface area (Å²) in [4.78, 5) is 12.5. The van der Waals surface area contributed by atoms with Crippen LogP contribution in [0.5, 0.6) is 0 Å². The Kier molecular flexibility index (Phi) is 4.16. The van der Waals surface area contributed by atoms with Crippen molar-refractivity contribution in [2.24, 2.45) is 17.8 Å². The van der Waals surface area contributed by atoms with Gasteiger partial charge in [-0.25, -0.2) is 4.79 Å². The van der Waals surface area contributed by atoms with Gasteiger partial charge in [-0.15, -0.1) is 0 Å². The summed E-state index contributed by atoms with van der Waals surface area (Å²) in [7, 11) is 0. The Bertz CT molecular complexity index is 819. The quantitative estimate of drug-likeness (QED) is 0.865. The van der Waals surface area contributed by atoms with Crippen molar-refractivity contribution < 1.29 is 14.6 Å². The molecule has 4 atom stereocenters. The molecule has 2 fully saturated rings. The zero-order chi connectivity index (χ0) is 18.4. The summed E-state index contributed by atoms with van der Waals surface area (Å²) in [6.07, 6.45) is 3.10. The third-order valence-corrected chi connectivity index (χ3v) is 6.93. The van der Waals surface area contributed by atoms with Crippen LogP contribution in [0.4, 0.5) is 4.79 Å². The Morgan fingerprint density at radius 1 is 1.00 bits per heavy atom. The topological polar surface area (TPSA) is 58.6 Å². The molecule has 0 heterocycles. The van der Waals surface area contributed by atoms with Crippen LogP contribution < -0.4 is 5.32 Å². The van der Waals surface area contributed by atoms with Crippen LogP contribution in [0.25, 0.3) is 11.1 Å². The fourth-order valence-corrected chi connectivity index (χ4v) is 5.67. The number of benzene rings is 2. The number of carbonyl (C=O) groups excluding carboxylic acids is 1. The third-order valence-electron chi connectivity index (χ3n) is 6.93. The highest BCUT2D eigenvalue weighted by molar-refractivity contribution is 5.79. The minimum Gasteiger partial charge on any atom is -0.449 e. The summed E-state index contributed by atoms with van der Waals surface area (Å²) in [5, 5.41) is 12.8. The first kappa shape index (κ1) is 16.8. The van der Waals surface area contributed by atoms with Gasteiger partial charge in [-0.05, 0) is 53.4 Å². The van der Waals surface area contributed by atoms with Crippen molar-refractivity contribution in [2.75, 3.05) is 13.2 Å². The molecule has 3 aliphatic carbocycles. The molecule has 1 amide bonds. The van der Waals surface area contributed by atoms with Crippen LogP contribution in [0.1, 0.15) is 36.3 Å². The monoisotopic (exact) mass is 363 g/mol. The molecule has 2 aromatic carbocycles. The van der Waals surface area contributed by atoms with Gasteiger partial charge in [0.15, 0.2) is 0 Å². The summed E-state index contributed by atoms with van der Waals surface area (Å²) in [6.45, 7) is 0.486. The fourth-order valence-electron chi connectivity index (χ4n) is 5.67. The molecule has 2 saturated carbocycles. The number of carbonyl (C=O) groups is 1. The molecule has 2 N–H and O–H groups in total. The molecule has 3 aliphatic rings. The first-order valence-electron chi connectivity index (χ1n) is 9.98. The van der Waals surface area contributed by atoms with Crippen molar-refractivity contribution in [3.05, 3.63) is 59.7 Å². The predicted octanol–water partition coefficient (Wildman–Crippen LogP) is 3.93. The summed E-state index contributed by atoms with van der Waals surface area (Å²) >= 11 is 0. The van der Waals surface area contributed by atoms with E-state index in [0.29, 0.717) is 18.4 Å². The largest absolute Gasteiger partial charge is 0.449 e. The number of amides is 1. The van der Waals surface area contributed by atoms with Crippen molar-refractivity contribution in [2.45, 2.75) is 31.2 Å². The Hall–Kier alpha value is -2.33. The standard InChI is InChI=1S/C23H25NO3/c25-12-20-14-9-10-15(11-14)22(20)24-23(26)27-13-21-18-7-3-1-5-16(18)17-6-2-4-8-19(17)21/h1-8,14-15,20-22,25H,9-13H2,(H,24,26)/t14-,15+,20+,22-/m1/s1. The van der Waals surface area contributed by atoms with E-state index in [0.717, 1.165) is 12.8 Å². The smallest absolute Gasteiger partial charge is 0.407 e. The van der Waals surface area contributed by atoms with Crippen molar-refractivity contribution >= 4 is 6.09 Å². The molecule has 0 saturated heterocycles. The second-order valence-corrected chi connectivity index (χ2v) is 8.18. The normalized spacial score (nSPS) is 28.0. The van der Waals surface area contributed by atoms with E-state index in [4.69, 9.17) is 4.74 Å². The van der Waals surface area contributed by atoms with Crippen LogP contribution in [0.3, 0.4) is 0 Å². The van der Waals surface area contributed by atoms with Crippen LogP contribution in [0.2, 0.25) is 0 Å². The zero-order valence-electron chi connectivity index (χ0n) is 15.3. The molecule has 0 radical (unpaired) electrons. The lowest BCUT2D eigenvalue weighted by Crippen LogP contribution is -2.45. The van der Waals surface area contributed by atoms with Crippen LogP contribution in [-0.2, 0) is 4.74 Å². The molecular weight excluding hydrogens is 338 g/mol. The van der Waals surface area contributed by atoms with Gasteiger partial charge >= 0.3 is 6.09 Å². The fraction of sp³-hybridized carbons (Fsp3) is 0.435. The van der Waals surface area contributed by atoms with Crippen LogP contribution in [-0.4, -0.2) is 30.5 Å². The van der Waals surface area contributed by atoms with E-state index in [-0.39, 0.29) is 30.6 Å². The molecule has 140 valence electrons. The van der Waals surface area contributed by atoms with Crippen LogP contribution >= 0.6 is 0 Å². The van der Waals surface area contributed by atoms with E-state index in [1.54, 1.807) is 0 Å². The van der Waals surface area contributed by atoms with E-state index in [9.17, 15) is 9.90 Å². The van der Waals surface area contributed by atoms with Gasteiger partial charge < -0.3 is 15.2 Å². The zero-order valence-corrected chi connectivity index (χ0v) is 15.3. The number of aliphatic hydroxyl groups excluding tert-OH is 1. The SMILES string of the molecule is O=C(N[C@@H]1[C@H]2CC[C@H](C2)[C@@H]1CO)OCC1c2ccccc2-c2ccccc21. The van der Waals surface area contributed by atoms with Crippen molar-refractivity contribution in [1.82, 2.24) is 5.32 Å². The molecule has 0 spiro atoms. The van der Waals surface area contributed by atoms with Gasteiger partial charge in [-0.1, -0.05) is 48.5 Å². The van der Waals surface area contributed by atoms with Gasteiger partial charge in [-0.2, -0.15) is 0 Å². The molecule has 4 nitrogen and oxygen atoms in total. The number of nitrogens with one attached hydrogen (secondary N) is 1. The summed E-state index contributed by atoms with van der Waals surface area (Å²) < 4.78 is 5.67. The van der Waals surface area contributed by atoms with E-state index in [1.807, 2.05) is 12.1 Å². The number of alkyl carbamates (subject to hydrolysis) is 1. The average molecular weight is 363 g/mol. The number of hydrogen-bond donors (Lipinski definition) is 2. The van der Waals surface area contributed by atoms with Crippen molar-refractivity contribution in [3.63, 3.8) is 0 Å². The van der Waals surface area contributed by atoms with E-state index in [1.165, 1.54) is 28.7 Å². The van der Waals surface area contributed by atoms with Gasteiger partial charge in [0.25, 0.3) is 0 Å². The van der Waals surface area contributed by atoms with Gasteiger partial charge in [0.2, 0.25) is 0 Å². The number of fused-ring (bicyclic) bond motifs is 5.